The van der Waals surface area contributed by atoms with Gasteiger partial charge in [0.25, 0.3) is 5.91 Å². The van der Waals surface area contributed by atoms with E-state index < -0.39 is 11.9 Å². The van der Waals surface area contributed by atoms with Crippen LogP contribution in [0, 0.1) is 0 Å². The quantitative estimate of drug-likeness (QED) is 0.348. The lowest BCUT2D eigenvalue weighted by Crippen LogP contribution is -2.52. The Kier molecular flexibility index (Phi) is 7.40. The molecule has 3 N–H and O–H groups in total. The highest BCUT2D eigenvalue weighted by Crippen LogP contribution is 2.33. The molecule has 0 bridgehead atoms. The van der Waals surface area contributed by atoms with Crippen molar-refractivity contribution in [2.24, 2.45) is 10.7 Å². The zero-order valence-electron chi connectivity index (χ0n) is 19.6. The van der Waals surface area contributed by atoms with Crippen LogP contribution in [0.4, 0.5) is 0 Å². The number of ether oxygens (including phenoxy) is 1. The average molecular weight is 473 g/mol. The third-order valence-electron chi connectivity index (χ3n) is 5.96. The predicted molar refractivity (Wildman–Crippen MR) is 133 cm³/mol. The Balaban J connectivity index is 1.37. The van der Waals surface area contributed by atoms with Crippen LogP contribution in [0.3, 0.4) is 0 Å². The Morgan fingerprint density at radius 1 is 1.17 bits per heavy atom. The molecule has 1 fully saturated rings. The third kappa shape index (κ3) is 5.66. The van der Waals surface area contributed by atoms with Crippen molar-refractivity contribution in [3.63, 3.8) is 0 Å². The second-order valence-corrected chi connectivity index (χ2v) is 8.44. The summed E-state index contributed by atoms with van der Waals surface area (Å²) in [4.78, 5) is 42.6. The first-order valence-corrected chi connectivity index (χ1v) is 11.5. The average Bonchev–Trinajstić information content (AvgIpc) is 3.18. The molecule has 8 heteroatoms. The number of piperidine rings is 1. The van der Waals surface area contributed by atoms with Crippen molar-refractivity contribution in [1.82, 2.24) is 10.2 Å². The molecule has 0 radical (unpaired) electrons. The van der Waals surface area contributed by atoms with E-state index >= 15 is 0 Å². The Morgan fingerprint density at radius 3 is 2.69 bits per heavy atom. The van der Waals surface area contributed by atoms with Gasteiger partial charge in [0, 0.05) is 29.5 Å². The maximum Gasteiger partial charge on any atom is 0.255 e. The van der Waals surface area contributed by atoms with E-state index in [0.29, 0.717) is 36.6 Å². The van der Waals surface area contributed by atoms with Gasteiger partial charge in [0.1, 0.15) is 18.4 Å². The highest BCUT2D eigenvalue weighted by Gasteiger charge is 2.40. The number of carbonyl (C=O) groups is 3. The molecule has 0 aromatic heterocycles. The molecule has 2 heterocycles. The number of fused-ring (bicyclic) bond motifs is 1. The number of carbonyl (C=O) groups excluding carboxylic acids is 3. The molecule has 1 atom stereocenters. The number of benzene rings is 2. The molecule has 180 valence electrons. The Bertz CT molecular complexity index is 1210. The zero-order valence-corrected chi connectivity index (χ0v) is 19.6. The number of nitrogens with zero attached hydrogens (tertiary/aromatic N) is 2. The van der Waals surface area contributed by atoms with E-state index in [-0.39, 0.29) is 24.8 Å². The van der Waals surface area contributed by atoms with Gasteiger partial charge in [-0.3, -0.25) is 24.7 Å². The molecule has 0 aliphatic carbocycles. The van der Waals surface area contributed by atoms with Crippen LogP contribution in [-0.4, -0.2) is 34.9 Å². The lowest BCUT2D eigenvalue weighted by atomic mass is 10.0. The van der Waals surface area contributed by atoms with Crippen molar-refractivity contribution in [3.8, 4) is 5.75 Å². The molecule has 1 saturated heterocycles. The van der Waals surface area contributed by atoms with Gasteiger partial charge >= 0.3 is 0 Å². The third-order valence-corrected chi connectivity index (χ3v) is 5.96. The molecule has 2 aliphatic heterocycles. The van der Waals surface area contributed by atoms with Crippen LogP contribution in [0.1, 0.15) is 46.8 Å². The van der Waals surface area contributed by atoms with Crippen LogP contribution in [0.2, 0.25) is 0 Å². The van der Waals surface area contributed by atoms with Gasteiger partial charge in [-0.1, -0.05) is 36.4 Å². The zero-order chi connectivity index (χ0) is 24.8. The minimum Gasteiger partial charge on any atom is -0.489 e. The first-order chi connectivity index (χ1) is 17.0. The molecule has 0 saturated carbocycles. The summed E-state index contributed by atoms with van der Waals surface area (Å²) in [6.45, 7) is 3.07. The van der Waals surface area contributed by atoms with Crippen molar-refractivity contribution in [2.45, 2.75) is 45.5 Å². The van der Waals surface area contributed by atoms with E-state index in [2.05, 4.69) is 10.3 Å². The number of hydrogen-bond donors (Lipinski definition) is 2. The smallest absolute Gasteiger partial charge is 0.255 e. The standard InChI is InChI=1S/C27H28N4O4/c1-2-4-20(28)13-14-29-15-18-7-9-19(10-8-18)17-35-24-6-3-5-21-22(24)16-31(27(21)34)23-11-12-25(32)30-26(23)33/h2-10,13-14,23H,11-12,15-17,28H2,1H3,(H,30,32,33)/b4-2-,20-13+,29-14?. The van der Waals surface area contributed by atoms with Gasteiger partial charge in [0.15, 0.2) is 0 Å². The molecule has 3 amide bonds. The van der Waals surface area contributed by atoms with Crippen molar-refractivity contribution in [2.75, 3.05) is 0 Å². The fourth-order valence-electron chi connectivity index (χ4n) is 4.14. The van der Waals surface area contributed by atoms with Gasteiger partial charge < -0.3 is 15.4 Å². The maximum absolute atomic E-state index is 12.9. The largest absolute Gasteiger partial charge is 0.489 e. The van der Waals surface area contributed by atoms with Gasteiger partial charge in [0.2, 0.25) is 11.8 Å². The maximum atomic E-state index is 12.9. The fraction of sp³-hybridized carbons (Fsp3) is 0.259. The summed E-state index contributed by atoms with van der Waals surface area (Å²) in [6, 6.07) is 12.7. The molecule has 4 rings (SSSR count). The van der Waals surface area contributed by atoms with E-state index in [9.17, 15) is 14.4 Å². The van der Waals surface area contributed by atoms with Gasteiger partial charge in [0.05, 0.1) is 13.1 Å². The molecule has 2 aliphatic rings. The fourth-order valence-corrected chi connectivity index (χ4v) is 4.14. The number of allylic oxidation sites excluding steroid dienone is 3. The SMILES string of the molecule is C/C=C\C(N)=C/C=NCc1ccc(COc2cccc3c2CN(C2CCC(=O)NC2=O)C3=O)cc1. The number of nitrogens with one attached hydrogen (secondary N) is 1. The molecule has 8 nitrogen and oxygen atoms in total. The summed E-state index contributed by atoms with van der Waals surface area (Å²) in [7, 11) is 0. The molecule has 1 unspecified atom stereocenters. The second-order valence-electron chi connectivity index (χ2n) is 8.44. The molecule has 35 heavy (non-hydrogen) atoms. The highest BCUT2D eigenvalue weighted by atomic mass is 16.5. The molecular formula is C27H28N4O4. The second kappa shape index (κ2) is 10.8. The number of aliphatic imine (C=N–C) groups is 1. The van der Waals surface area contributed by atoms with Crippen LogP contribution >= 0.6 is 0 Å². The molecule has 2 aromatic carbocycles. The summed E-state index contributed by atoms with van der Waals surface area (Å²) in [5, 5.41) is 2.32. The number of nitrogens with two attached hydrogens (primary N) is 1. The first-order valence-electron chi connectivity index (χ1n) is 11.5. The first kappa shape index (κ1) is 23.9. The number of rotatable bonds is 8. The van der Waals surface area contributed by atoms with Crippen molar-refractivity contribution >= 4 is 23.9 Å². The number of amides is 3. The van der Waals surface area contributed by atoms with Crippen molar-refractivity contribution in [3.05, 3.63) is 88.6 Å². The van der Waals surface area contributed by atoms with E-state index in [1.807, 2.05) is 49.4 Å². The van der Waals surface area contributed by atoms with Crippen LogP contribution in [0.25, 0.3) is 0 Å². The van der Waals surface area contributed by atoms with Crippen LogP contribution < -0.4 is 15.8 Å². The summed E-state index contributed by atoms with van der Waals surface area (Å²) < 4.78 is 6.06. The predicted octanol–water partition coefficient (Wildman–Crippen LogP) is 3.02. The van der Waals surface area contributed by atoms with Crippen LogP contribution in [-0.2, 0) is 29.3 Å². The minimum absolute atomic E-state index is 0.216. The molecule has 0 spiro atoms. The highest BCUT2D eigenvalue weighted by molar-refractivity contribution is 6.05. The number of imide groups is 1. The lowest BCUT2D eigenvalue weighted by Gasteiger charge is -2.29. The van der Waals surface area contributed by atoms with Crippen LogP contribution in [0.5, 0.6) is 5.75 Å². The Labute approximate surface area is 204 Å². The topological polar surface area (TPSA) is 114 Å². The van der Waals surface area contributed by atoms with E-state index in [0.717, 1.165) is 16.7 Å². The van der Waals surface area contributed by atoms with E-state index in [1.54, 1.807) is 24.4 Å². The normalized spacial score (nSPS) is 18.4. The lowest BCUT2D eigenvalue weighted by molar-refractivity contribution is -0.136. The van der Waals surface area contributed by atoms with Gasteiger partial charge in [-0.25, -0.2) is 0 Å². The van der Waals surface area contributed by atoms with E-state index in [4.69, 9.17) is 10.5 Å². The van der Waals surface area contributed by atoms with E-state index in [1.165, 1.54) is 4.90 Å². The van der Waals surface area contributed by atoms with Crippen molar-refractivity contribution < 1.29 is 19.1 Å². The molecule has 2 aromatic rings. The van der Waals surface area contributed by atoms with Gasteiger partial charge in [-0.05, 0) is 48.8 Å². The number of hydrogen-bond acceptors (Lipinski definition) is 6. The Morgan fingerprint density at radius 2 is 1.94 bits per heavy atom. The monoisotopic (exact) mass is 472 g/mol. The summed E-state index contributed by atoms with van der Waals surface area (Å²) in [5.41, 5.74) is 9.78. The van der Waals surface area contributed by atoms with Gasteiger partial charge in [-0.2, -0.15) is 0 Å². The van der Waals surface area contributed by atoms with Crippen LogP contribution in [0.15, 0.2) is 71.4 Å². The Hall–Kier alpha value is -4.20. The minimum atomic E-state index is -0.648. The molecular weight excluding hydrogens is 444 g/mol. The summed E-state index contributed by atoms with van der Waals surface area (Å²) in [6.07, 6.45) is 7.69. The van der Waals surface area contributed by atoms with Crippen molar-refractivity contribution in [1.29, 1.82) is 0 Å². The summed E-state index contributed by atoms with van der Waals surface area (Å²) in [5.74, 6) is -0.327. The van der Waals surface area contributed by atoms with Gasteiger partial charge in [-0.15, -0.1) is 0 Å². The summed E-state index contributed by atoms with van der Waals surface area (Å²) >= 11 is 0.